The first-order valence-corrected chi connectivity index (χ1v) is 9.49. The van der Waals surface area contributed by atoms with Crippen LogP contribution in [0.3, 0.4) is 0 Å². The summed E-state index contributed by atoms with van der Waals surface area (Å²) in [6.07, 6.45) is -1.18. The molecule has 4 rings (SSSR count). The van der Waals surface area contributed by atoms with Gasteiger partial charge in [0.1, 0.15) is 6.10 Å². The monoisotopic (exact) mass is 466 g/mol. The lowest BCUT2D eigenvalue weighted by molar-refractivity contribution is 0.0952. The van der Waals surface area contributed by atoms with Crippen LogP contribution in [0, 0.1) is 0 Å². The molecule has 0 spiro atoms. The lowest BCUT2D eigenvalue weighted by Gasteiger charge is -2.14. The van der Waals surface area contributed by atoms with Gasteiger partial charge in [0.05, 0.1) is 28.4 Å². The summed E-state index contributed by atoms with van der Waals surface area (Å²) in [7, 11) is 6.08. The van der Waals surface area contributed by atoms with Gasteiger partial charge in [-0.1, -0.05) is 0 Å². The van der Waals surface area contributed by atoms with E-state index in [2.05, 4.69) is 15.9 Å². The van der Waals surface area contributed by atoms with Crippen molar-refractivity contribution in [2.24, 2.45) is 0 Å². The first-order valence-electron chi connectivity index (χ1n) is 8.69. The fraction of sp³-hybridized carbons (Fsp3) is 0.350. The molecule has 0 radical (unpaired) electrons. The van der Waals surface area contributed by atoms with E-state index < -0.39 is 12.2 Å². The Hall–Kier alpha value is -2.65. The van der Waals surface area contributed by atoms with Gasteiger partial charge in [-0.3, -0.25) is 4.79 Å². The smallest absolute Gasteiger partial charge is 0.231 e. The van der Waals surface area contributed by atoms with Crippen molar-refractivity contribution < 1.29 is 38.0 Å². The van der Waals surface area contributed by atoms with Crippen molar-refractivity contribution in [2.45, 2.75) is 12.2 Å². The molecule has 2 atom stereocenters. The zero-order valence-corrected chi connectivity index (χ0v) is 17.8. The summed E-state index contributed by atoms with van der Waals surface area (Å²) < 4.78 is 38.8. The zero-order chi connectivity index (χ0) is 20.7. The third kappa shape index (κ3) is 3.24. The number of carbonyl (C=O) groups excluding carboxylic acids is 1. The van der Waals surface area contributed by atoms with Crippen molar-refractivity contribution in [1.29, 1.82) is 0 Å². The number of ether oxygens (including phenoxy) is 7. The second kappa shape index (κ2) is 7.64. The largest absolute Gasteiger partial charge is 0.493 e. The number of halogens is 1. The van der Waals surface area contributed by atoms with Gasteiger partial charge in [-0.05, 0) is 34.1 Å². The maximum atomic E-state index is 13.1. The van der Waals surface area contributed by atoms with Gasteiger partial charge in [0, 0.05) is 15.6 Å². The van der Waals surface area contributed by atoms with Gasteiger partial charge in [0.2, 0.25) is 18.3 Å². The average Bonchev–Trinajstić information content (AvgIpc) is 3.40. The maximum absolute atomic E-state index is 13.1. The molecule has 2 aliphatic heterocycles. The minimum atomic E-state index is -0.677. The van der Waals surface area contributed by atoms with Gasteiger partial charge in [-0.2, -0.15) is 0 Å². The molecule has 1 saturated heterocycles. The Morgan fingerprint density at radius 2 is 1.66 bits per heavy atom. The number of hydrogen-bond acceptors (Lipinski definition) is 8. The number of carbonyl (C=O) groups is 1. The highest BCUT2D eigenvalue weighted by molar-refractivity contribution is 9.10. The molecule has 0 aromatic heterocycles. The summed E-state index contributed by atoms with van der Waals surface area (Å²) in [4.78, 5) is 13.1. The second-order valence-corrected chi connectivity index (χ2v) is 7.15. The Morgan fingerprint density at radius 1 is 0.966 bits per heavy atom. The summed E-state index contributed by atoms with van der Waals surface area (Å²) in [6, 6.07) is 5.07. The molecule has 1 fully saturated rings. The lowest BCUT2D eigenvalue weighted by Crippen LogP contribution is -2.10. The molecule has 0 aliphatic carbocycles. The Morgan fingerprint density at radius 3 is 2.31 bits per heavy atom. The second-order valence-electron chi connectivity index (χ2n) is 6.29. The Balaban J connectivity index is 1.67. The summed E-state index contributed by atoms with van der Waals surface area (Å²) in [5.74, 6) is 2.63. The predicted molar refractivity (Wildman–Crippen MR) is 105 cm³/mol. The highest BCUT2D eigenvalue weighted by Crippen LogP contribution is 2.55. The molecule has 0 bridgehead atoms. The average molecular weight is 467 g/mol. The van der Waals surface area contributed by atoms with E-state index >= 15 is 0 Å². The van der Waals surface area contributed by atoms with Crippen molar-refractivity contribution >= 4 is 21.7 Å². The molecule has 0 saturated carbocycles. The quantitative estimate of drug-likeness (QED) is 0.452. The Bertz CT molecular complexity index is 974. The first-order chi connectivity index (χ1) is 14.0. The van der Waals surface area contributed by atoms with E-state index in [1.54, 1.807) is 18.2 Å². The number of rotatable bonds is 7. The van der Waals surface area contributed by atoms with E-state index in [-0.39, 0.29) is 12.6 Å². The van der Waals surface area contributed by atoms with Gasteiger partial charge in [-0.15, -0.1) is 0 Å². The minimum Gasteiger partial charge on any atom is -0.493 e. The fourth-order valence-electron chi connectivity index (χ4n) is 3.37. The Labute approximate surface area is 175 Å². The van der Waals surface area contributed by atoms with E-state index in [0.717, 1.165) is 0 Å². The van der Waals surface area contributed by atoms with Crippen LogP contribution in [0.4, 0.5) is 0 Å². The highest BCUT2D eigenvalue weighted by atomic mass is 79.9. The van der Waals surface area contributed by atoms with Crippen LogP contribution in [0.2, 0.25) is 0 Å². The minimum absolute atomic E-state index is 0.0881. The predicted octanol–water partition coefficient (Wildman–Crippen LogP) is 3.54. The SMILES string of the molecule is COc1cc(Br)c(C(=O)[C@@H]2O[C@@H]2c2cc3c(c(OC)c2OC)OCO3)cc1OC. The molecule has 0 N–H and O–H groups in total. The van der Waals surface area contributed by atoms with E-state index in [0.29, 0.717) is 50.1 Å². The number of epoxide rings is 1. The molecule has 0 unspecified atom stereocenters. The van der Waals surface area contributed by atoms with E-state index in [9.17, 15) is 4.79 Å². The van der Waals surface area contributed by atoms with Crippen molar-refractivity contribution in [3.8, 4) is 34.5 Å². The number of fused-ring (bicyclic) bond motifs is 1. The Kier molecular flexibility index (Phi) is 5.18. The van der Waals surface area contributed by atoms with Crippen LogP contribution in [0.25, 0.3) is 0 Å². The normalized spacial score (nSPS) is 18.9. The molecular formula is C20H19BrO8. The molecule has 0 amide bonds. The highest BCUT2D eigenvalue weighted by Gasteiger charge is 2.49. The van der Waals surface area contributed by atoms with Crippen LogP contribution in [-0.2, 0) is 4.74 Å². The summed E-state index contributed by atoms with van der Waals surface area (Å²) >= 11 is 3.42. The molecular weight excluding hydrogens is 448 g/mol. The molecule has 29 heavy (non-hydrogen) atoms. The number of hydrogen-bond donors (Lipinski definition) is 0. The number of ketones is 1. The van der Waals surface area contributed by atoms with Crippen molar-refractivity contribution in [3.05, 3.63) is 33.8 Å². The molecule has 2 aromatic rings. The standard InChI is InChI=1S/C20H19BrO8/c1-23-12-5-9(11(21)7-13(12)24-2)15(22)19-17(29-19)10-6-14-18(28-8-27-14)20(26-4)16(10)25-3/h5-7,17,19H,8H2,1-4H3/t17-,19+/m1/s1. The van der Waals surface area contributed by atoms with Crippen molar-refractivity contribution in [1.82, 2.24) is 0 Å². The van der Waals surface area contributed by atoms with E-state index in [1.807, 2.05) is 0 Å². The van der Waals surface area contributed by atoms with E-state index in [4.69, 9.17) is 33.2 Å². The molecule has 8 nitrogen and oxygen atoms in total. The van der Waals surface area contributed by atoms with Crippen LogP contribution in [0.1, 0.15) is 22.0 Å². The van der Waals surface area contributed by atoms with Crippen LogP contribution in [0.15, 0.2) is 22.7 Å². The van der Waals surface area contributed by atoms with Crippen LogP contribution >= 0.6 is 15.9 Å². The maximum Gasteiger partial charge on any atom is 0.231 e. The third-order valence-electron chi connectivity index (χ3n) is 4.81. The molecule has 9 heteroatoms. The van der Waals surface area contributed by atoms with Gasteiger partial charge in [-0.25, -0.2) is 0 Å². The zero-order valence-electron chi connectivity index (χ0n) is 16.2. The fourth-order valence-corrected chi connectivity index (χ4v) is 3.88. The molecule has 154 valence electrons. The number of methoxy groups -OCH3 is 4. The molecule has 2 aromatic carbocycles. The summed E-state index contributed by atoms with van der Waals surface area (Å²) in [5.41, 5.74) is 1.09. The third-order valence-corrected chi connectivity index (χ3v) is 5.46. The first kappa shape index (κ1) is 19.7. The molecule has 2 heterocycles. The van der Waals surface area contributed by atoms with Gasteiger partial charge in [0.15, 0.2) is 34.9 Å². The van der Waals surface area contributed by atoms with Crippen LogP contribution < -0.4 is 28.4 Å². The van der Waals surface area contributed by atoms with Crippen molar-refractivity contribution in [3.63, 3.8) is 0 Å². The lowest BCUT2D eigenvalue weighted by atomic mass is 10.0. The molecule has 2 aliphatic rings. The van der Waals surface area contributed by atoms with Crippen LogP contribution in [-0.4, -0.2) is 47.1 Å². The summed E-state index contributed by atoms with van der Waals surface area (Å²) in [6.45, 7) is 0.0881. The topological polar surface area (TPSA) is 85.0 Å². The summed E-state index contributed by atoms with van der Waals surface area (Å²) in [5, 5.41) is 0. The van der Waals surface area contributed by atoms with Gasteiger partial charge < -0.3 is 33.2 Å². The van der Waals surface area contributed by atoms with Crippen LogP contribution in [0.5, 0.6) is 34.5 Å². The van der Waals surface area contributed by atoms with E-state index in [1.165, 1.54) is 28.4 Å². The number of benzene rings is 2. The van der Waals surface area contributed by atoms with Gasteiger partial charge >= 0.3 is 0 Å². The van der Waals surface area contributed by atoms with Gasteiger partial charge in [0.25, 0.3) is 0 Å². The number of Topliss-reactive ketones (excluding diaryl/α,β-unsaturated/α-hetero) is 1. The van der Waals surface area contributed by atoms with Crippen molar-refractivity contribution in [2.75, 3.05) is 35.2 Å².